The Morgan fingerprint density at radius 3 is 2.57 bits per heavy atom. The van der Waals surface area contributed by atoms with E-state index in [-0.39, 0.29) is 24.0 Å². The summed E-state index contributed by atoms with van der Waals surface area (Å²) in [7, 11) is 0. The number of anilines is 1. The quantitative estimate of drug-likeness (QED) is 0.313. The van der Waals surface area contributed by atoms with E-state index in [1.165, 1.54) is 0 Å². The standard InChI is InChI=1S/C16H26N4OS.HI/c1-3-17-16(18-8-13-22-2)20-11-9-19(10-12-20)14-6-4-5-7-15(14)21;/h4-7,21H,3,8-13H2,1-2H3,(H,17,18);1H. The first-order chi connectivity index (χ1) is 10.8. The molecule has 0 saturated carbocycles. The van der Waals surface area contributed by atoms with Crippen LogP contribution >= 0.6 is 35.7 Å². The van der Waals surface area contributed by atoms with Gasteiger partial charge in [0, 0.05) is 38.5 Å². The van der Waals surface area contributed by atoms with Crippen LogP contribution in [0.25, 0.3) is 0 Å². The molecule has 2 rings (SSSR count). The number of phenolic OH excluding ortho intramolecular Hbond substituents is 1. The first-order valence-corrected chi connectivity index (χ1v) is 9.20. The Labute approximate surface area is 160 Å². The second kappa shape index (κ2) is 10.9. The molecule has 0 unspecified atom stereocenters. The zero-order chi connectivity index (χ0) is 15.8. The lowest BCUT2D eigenvalue weighted by Gasteiger charge is -2.37. The maximum absolute atomic E-state index is 9.97. The molecular formula is C16H27IN4OS. The second-order valence-electron chi connectivity index (χ2n) is 5.19. The van der Waals surface area contributed by atoms with Gasteiger partial charge in [0.05, 0.1) is 12.2 Å². The number of benzene rings is 1. The number of hydrogen-bond acceptors (Lipinski definition) is 4. The summed E-state index contributed by atoms with van der Waals surface area (Å²) in [4.78, 5) is 9.22. The van der Waals surface area contributed by atoms with Crippen LogP contribution in [0.5, 0.6) is 5.75 Å². The summed E-state index contributed by atoms with van der Waals surface area (Å²) in [6.45, 7) is 7.46. The molecule has 5 nitrogen and oxygen atoms in total. The number of rotatable bonds is 5. The number of thioether (sulfide) groups is 1. The van der Waals surface area contributed by atoms with Crippen molar-refractivity contribution in [2.45, 2.75) is 6.92 Å². The van der Waals surface area contributed by atoms with Crippen molar-refractivity contribution in [3.8, 4) is 5.75 Å². The average Bonchev–Trinajstić information content (AvgIpc) is 2.55. The van der Waals surface area contributed by atoms with Crippen LogP contribution < -0.4 is 10.2 Å². The molecule has 0 aromatic heterocycles. The molecule has 1 heterocycles. The van der Waals surface area contributed by atoms with Crippen molar-refractivity contribution >= 4 is 47.4 Å². The Morgan fingerprint density at radius 2 is 1.96 bits per heavy atom. The summed E-state index contributed by atoms with van der Waals surface area (Å²) in [6, 6.07) is 7.55. The van der Waals surface area contributed by atoms with Gasteiger partial charge in [0.15, 0.2) is 5.96 Å². The van der Waals surface area contributed by atoms with Crippen LogP contribution in [0.4, 0.5) is 5.69 Å². The van der Waals surface area contributed by atoms with Crippen molar-refractivity contribution in [2.75, 3.05) is 56.2 Å². The van der Waals surface area contributed by atoms with Crippen molar-refractivity contribution in [2.24, 2.45) is 4.99 Å². The molecule has 1 aliphatic heterocycles. The van der Waals surface area contributed by atoms with E-state index in [0.29, 0.717) is 5.75 Å². The fraction of sp³-hybridized carbons (Fsp3) is 0.562. The molecule has 1 saturated heterocycles. The number of aliphatic imine (C=N–C) groups is 1. The monoisotopic (exact) mass is 450 g/mol. The Bertz CT molecular complexity index is 493. The van der Waals surface area contributed by atoms with Crippen molar-refractivity contribution in [3.05, 3.63) is 24.3 Å². The summed E-state index contributed by atoms with van der Waals surface area (Å²) < 4.78 is 0. The van der Waals surface area contributed by atoms with E-state index in [1.807, 2.05) is 30.0 Å². The number of phenols is 1. The van der Waals surface area contributed by atoms with Crippen LogP contribution in [0, 0.1) is 0 Å². The van der Waals surface area contributed by atoms with Crippen molar-refractivity contribution in [1.82, 2.24) is 10.2 Å². The highest BCUT2D eigenvalue weighted by Gasteiger charge is 2.21. The summed E-state index contributed by atoms with van der Waals surface area (Å²) in [5, 5.41) is 13.3. The Morgan fingerprint density at radius 1 is 1.26 bits per heavy atom. The maximum atomic E-state index is 9.97. The highest BCUT2D eigenvalue weighted by molar-refractivity contribution is 14.0. The number of para-hydroxylation sites is 2. The first kappa shape index (κ1) is 20.2. The number of halogens is 1. The number of nitrogens with zero attached hydrogens (tertiary/aromatic N) is 3. The normalized spacial score (nSPS) is 15.3. The SMILES string of the molecule is CCNC(=NCCSC)N1CCN(c2ccccc2O)CC1.I. The van der Waals surface area contributed by atoms with Crippen LogP contribution in [0.15, 0.2) is 29.3 Å². The summed E-state index contributed by atoms with van der Waals surface area (Å²) in [5.74, 6) is 2.41. The smallest absolute Gasteiger partial charge is 0.194 e. The molecule has 0 aliphatic carbocycles. The summed E-state index contributed by atoms with van der Waals surface area (Å²) >= 11 is 1.82. The molecule has 1 fully saturated rings. The highest BCUT2D eigenvalue weighted by Crippen LogP contribution is 2.27. The molecule has 7 heteroatoms. The van der Waals surface area contributed by atoms with Crippen LogP contribution in [-0.4, -0.2) is 67.2 Å². The van der Waals surface area contributed by atoms with Gasteiger partial charge in [-0.15, -0.1) is 24.0 Å². The lowest BCUT2D eigenvalue weighted by atomic mass is 10.2. The van der Waals surface area contributed by atoms with Gasteiger partial charge >= 0.3 is 0 Å². The molecule has 1 aromatic rings. The molecule has 0 atom stereocenters. The minimum absolute atomic E-state index is 0. The minimum atomic E-state index is 0. The Hall–Kier alpha value is -0.830. The molecule has 0 amide bonds. The lowest BCUT2D eigenvalue weighted by molar-refractivity contribution is 0.370. The fourth-order valence-electron chi connectivity index (χ4n) is 2.56. The number of piperazine rings is 1. The molecular weight excluding hydrogens is 423 g/mol. The van der Waals surface area contributed by atoms with Gasteiger partial charge in [-0.1, -0.05) is 12.1 Å². The third-order valence-corrected chi connectivity index (χ3v) is 4.28. The minimum Gasteiger partial charge on any atom is -0.506 e. The summed E-state index contributed by atoms with van der Waals surface area (Å²) in [6.07, 6.45) is 2.10. The van der Waals surface area contributed by atoms with Crippen LogP contribution in [0.3, 0.4) is 0 Å². The third kappa shape index (κ3) is 5.95. The molecule has 1 aliphatic rings. The maximum Gasteiger partial charge on any atom is 0.194 e. The largest absolute Gasteiger partial charge is 0.506 e. The molecule has 23 heavy (non-hydrogen) atoms. The topological polar surface area (TPSA) is 51.1 Å². The van der Waals surface area contributed by atoms with E-state index in [1.54, 1.807) is 6.07 Å². The van der Waals surface area contributed by atoms with Crippen LogP contribution in [0.2, 0.25) is 0 Å². The number of nitrogens with one attached hydrogen (secondary N) is 1. The van der Waals surface area contributed by atoms with Crippen LogP contribution in [0.1, 0.15) is 6.92 Å². The van der Waals surface area contributed by atoms with E-state index in [4.69, 9.17) is 0 Å². The molecule has 1 aromatic carbocycles. The number of hydrogen-bond donors (Lipinski definition) is 2. The van der Waals surface area contributed by atoms with Gasteiger partial charge < -0.3 is 20.2 Å². The molecule has 0 bridgehead atoms. The fourth-order valence-corrected chi connectivity index (χ4v) is 2.83. The highest BCUT2D eigenvalue weighted by atomic mass is 127. The van der Waals surface area contributed by atoms with Gasteiger partial charge in [0.25, 0.3) is 0 Å². The van der Waals surface area contributed by atoms with Gasteiger partial charge in [0.2, 0.25) is 0 Å². The third-order valence-electron chi connectivity index (χ3n) is 3.69. The van der Waals surface area contributed by atoms with E-state index < -0.39 is 0 Å². The van der Waals surface area contributed by atoms with E-state index >= 15 is 0 Å². The molecule has 2 N–H and O–H groups in total. The van der Waals surface area contributed by atoms with Gasteiger partial charge in [-0.25, -0.2) is 0 Å². The van der Waals surface area contributed by atoms with E-state index in [2.05, 4.69) is 33.3 Å². The van der Waals surface area contributed by atoms with Crippen molar-refractivity contribution in [3.63, 3.8) is 0 Å². The Balaban J connectivity index is 0.00000264. The number of aromatic hydroxyl groups is 1. The van der Waals surface area contributed by atoms with Crippen LogP contribution in [-0.2, 0) is 0 Å². The molecule has 0 spiro atoms. The van der Waals surface area contributed by atoms with Gasteiger partial charge in [-0.2, -0.15) is 11.8 Å². The Kier molecular flexibility index (Phi) is 9.54. The zero-order valence-electron chi connectivity index (χ0n) is 13.9. The van der Waals surface area contributed by atoms with E-state index in [0.717, 1.165) is 56.7 Å². The van der Waals surface area contributed by atoms with Crippen molar-refractivity contribution < 1.29 is 5.11 Å². The first-order valence-electron chi connectivity index (χ1n) is 7.81. The lowest BCUT2D eigenvalue weighted by Crippen LogP contribution is -2.52. The molecule has 0 radical (unpaired) electrons. The van der Waals surface area contributed by atoms with Gasteiger partial charge in [-0.05, 0) is 25.3 Å². The predicted octanol–water partition coefficient (Wildman–Crippen LogP) is 2.46. The number of guanidine groups is 1. The second-order valence-corrected chi connectivity index (χ2v) is 6.18. The molecule has 130 valence electrons. The summed E-state index contributed by atoms with van der Waals surface area (Å²) in [5.41, 5.74) is 0.923. The van der Waals surface area contributed by atoms with Gasteiger partial charge in [-0.3, -0.25) is 4.99 Å². The van der Waals surface area contributed by atoms with Crippen molar-refractivity contribution in [1.29, 1.82) is 0 Å². The zero-order valence-corrected chi connectivity index (χ0v) is 17.0. The van der Waals surface area contributed by atoms with Gasteiger partial charge in [0.1, 0.15) is 5.75 Å². The van der Waals surface area contributed by atoms with E-state index in [9.17, 15) is 5.11 Å². The average molecular weight is 450 g/mol. The predicted molar refractivity (Wildman–Crippen MR) is 112 cm³/mol.